The molecule has 1 aliphatic rings. The number of pyridine rings is 1. The van der Waals surface area contributed by atoms with Gasteiger partial charge in [0.25, 0.3) is 0 Å². The molecule has 7 heteroatoms. The van der Waals surface area contributed by atoms with Gasteiger partial charge in [-0.25, -0.2) is 18.1 Å². The molecule has 0 amide bonds. The van der Waals surface area contributed by atoms with Gasteiger partial charge in [-0.1, -0.05) is 0 Å². The van der Waals surface area contributed by atoms with Crippen LogP contribution in [0.4, 0.5) is 5.82 Å². The Kier molecular flexibility index (Phi) is 4.95. The molecule has 1 aliphatic heterocycles. The van der Waals surface area contributed by atoms with E-state index < -0.39 is 10.0 Å². The zero-order valence-corrected chi connectivity index (χ0v) is 12.8. The molecule has 2 N–H and O–H groups in total. The van der Waals surface area contributed by atoms with Gasteiger partial charge in [0.2, 0.25) is 10.0 Å². The monoisotopic (exact) mass is 298 g/mol. The van der Waals surface area contributed by atoms with Gasteiger partial charge < -0.3 is 10.2 Å². The molecule has 1 unspecified atom stereocenters. The topological polar surface area (TPSA) is 74.3 Å². The Morgan fingerprint density at radius 2 is 2.25 bits per heavy atom. The van der Waals surface area contributed by atoms with Gasteiger partial charge in [-0.3, -0.25) is 0 Å². The molecule has 0 bridgehead atoms. The third-order valence-corrected chi connectivity index (χ3v) is 4.86. The summed E-state index contributed by atoms with van der Waals surface area (Å²) in [6.45, 7) is 4.50. The average molecular weight is 298 g/mol. The molecule has 0 aliphatic carbocycles. The maximum atomic E-state index is 12.3. The van der Waals surface area contributed by atoms with E-state index >= 15 is 0 Å². The molecule has 1 saturated heterocycles. The Hall–Kier alpha value is -1.18. The summed E-state index contributed by atoms with van der Waals surface area (Å²) in [7, 11) is -1.47. The number of hydrogen-bond donors (Lipinski definition) is 2. The van der Waals surface area contributed by atoms with Crippen molar-refractivity contribution in [2.75, 3.05) is 32.0 Å². The lowest BCUT2D eigenvalue weighted by Gasteiger charge is -2.29. The molecule has 20 heavy (non-hydrogen) atoms. The summed E-state index contributed by atoms with van der Waals surface area (Å²) in [5.74, 6) is 0.684. The number of sulfonamides is 1. The number of hydrogen-bond acceptors (Lipinski definition) is 5. The van der Waals surface area contributed by atoms with Gasteiger partial charge in [-0.2, -0.15) is 0 Å². The van der Waals surface area contributed by atoms with Crippen LogP contribution in [0.3, 0.4) is 0 Å². The number of nitrogens with zero attached hydrogens (tertiary/aromatic N) is 2. The first-order chi connectivity index (χ1) is 9.51. The zero-order chi connectivity index (χ0) is 14.6. The smallest absolute Gasteiger partial charge is 0.242 e. The van der Waals surface area contributed by atoms with Crippen molar-refractivity contribution >= 4 is 15.8 Å². The lowest BCUT2D eigenvalue weighted by Crippen LogP contribution is -2.46. The number of nitrogens with one attached hydrogen (secondary N) is 2. The fourth-order valence-corrected chi connectivity index (χ4v) is 3.58. The molecular formula is C13H22N4O2S. The predicted octanol–water partition coefficient (Wildman–Crippen LogP) is 0.886. The number of anilines is 1. The van der Waals surface area contributed by atoms with Gasteiger partial charge in [-0.05, 0) is 45.5 Å². The maximum Gasteiger partial charge on any atom is 0.242 e. The Balaban J connectivity index is 2.05. The molecule has 0 aromatic carbocycles. The second-order valence-electron chi connectivity index (χ2n) is 5.13. The van der Waals surface area contributed by atoms with E-state index in [0.29, 0.717) is 5.82 Å². The van der Waals surface area contributed by atoms with Crippen molar-refractivity contribution in [2.24, 2.45) is 0 Å². The lowest BCUT2D eigenvalue weighted by atomic mass is 10.1. The van der Waals surface area contributed by atoms with E-state index in [1.807, 2.05) is 14.0 Å². The van der Waals surface area contributed by atoms with Gasteiger partial charge in [-0.15, -0.1) is 0 Å². The van der Waals surface area contributed by atoms with Gasteiger partial charge in [0.1, 0.15) is 10.7 Å². The molecule has 2 heterocycles. The second kappa shape index (κ2) is 6.51. The molecule has 0 spiro atoms. The van der Waals surface area contributed by atoms with Crippen molar-refractivity contribution in [1.82, 2.24) is 14.6 Å². The summed E-state index contributed by atoms with van der Waals surface area (Å²) in [5.41, 5.74) is 0. The molecule has 0 saturated carbocycles. The molecule has 0 radical (unpaired) electrons. The van der Waals surface area contributed by atoms with Crippen LogP contribution in [0.25, 0.3) is 0 Å². The van der Waals surface area contributed by atoms with Crippen molar-refractivity contribution in [2.45, 2.75) is 30.7 Å². The summed E-state index contributed by atoms with van der Waals surface area (Å²) in [6, 6.07) is 3.25. The van der Waals surface area contributed by atoms with Gasteiger partial charge in [0.15, 0.2) is 0 Å². The van der Waals surface area contributed by atoms with Gasteiger partial charge in [0, 0.05) is 25.3 Å². The fraction of sp³-hybridized carbons (Fsp3) is 0.615. The van der Waals surface area contributed by atoms with Crippen LogP contribution in [0, 0.1) is 0 Å². The van der Waals surface area contributed by atoms with Crippen LogP contribution in [-0.2, 0) is 10.0 Å². The van der Waals surface area contributed by atoms with Crippen LogP contribution < -0.4 is 10.0 Å². The molecule has 1 fully saturated rings. The van der Waals surface area contributed by atoms with Crippen molar-refractivity contribution in [3.63, 3.8) is 0 Å². The number of likely N-dealkylation sites (N-methyl/N-ethyl adjacent to an activating group) is 1. The highest BCUT2D eigenvalue weighted by Crippen LogP contribution is 2.14. The van der Waals surface area contributed by atoms with Crippen LogP contribution >= 0.6 is 0 Å². The lowest BCUT2D eigenvalue weighted by molar-refractivity contribution is 0.242. The highest BCUT2D eigenvalue weighted by Gasteiger charge is 2.23. The highest BCUT2D eigenvalue weighted by molar-refractivity contribution is 7.89. The number of piperidine rings is 1. The Morgan fingerprint density at radius 3 is 2.85 bits per heavy atom. The van der Waals surface area contributed by atoms with Crippen LogP contribution in [0.5, 0.6) is 0 Å². The van der Waals surface area contributed by atoms with Crippen molar-refractivity contribution < 1.29 is 8.42 Å². The summed E-state index contributed by atoms with van der Waals surface area (Å²) in [4.78, 5) is 6.46. The normalized spacial score (nSPS) is 20.8. The minimum absolute atomic E-state index is 0.0211. The first-order valence-corrected chi connectivity index (χ1v) is 8.40. The fourth-order valence-electron chi connectivity index (χ4n) is 2.37. The number of likely N-dealkylation sites (tertiary alicyclic amines) is 1. The molecule has 2 rings (SSSR count). The molecule has 1 aromatic heterocycles. The van der Waals surface area contributed by atoms with Gasteiger partial charge >= 0.3 is 0 Å². The molecule has 112 valence electrons. The molecular weight excluding hydrogens is 276 g/mol. The quantitative estimate of drug-likeness (QED) is 0.844. The van der Waals surface area contributed by atoms with Gasteiger partial charge in [0.05, 0.1) is 0 Å². The summed E-state index contributed by atoms with van der Waals surface area (Å²) < 4.78 is 27.3. The van der Waals surface area contributed by atoms with E-state index in [9.17, 15) is 8.42 Å². The molecule has 1 atom stereocenters. The third kappa shape index (κ3) is 3.91. The van der Waals surface area contributed by atoms with Crippen molar-refractivity contribution in [3.8, 4) is 0 Å². The highest BCUT2D eigenvalue weighted by atomic mass is 32.2. The number of rotatable bonds is 5. The van der Waals surface area contributed by atoms with Crippen molar-refractivity contribution in [3.05, 3.63) is 18.3 Å². The SMILES string of the molecule is CCNc1ccc(S(=O)(=O)NC2CCCN(C)C2)cn1. The van der Waals surface area contributed by atoms with E-state index in [4.69, 9.17) is 0 Å². The zero-order valence-electron chi connectivity index (χ0n) is 12.0. The van der Waals surface area contributed by atoms with Crippen LogP contribution in [0.2, 0.25) is 0 Å². The van der Waals surface area contributed by atoms with E-state index in [0.717, 1.165) is 32.5 Å². The minimum atomic E-state index is -3.48. The molecule has 6 nitrogen and oxygen atoms in total. The Labute approximate surface area is 120 Å². The van der Waals surface area contributed by atoms with E-state index in [1.54, 1.807) is 12.1 Å². The average Bonchev–Trinajstić information content (AvgIpc) is 2.39. The largest absolute Gasteiger partial charge is 0.370 e. The Bertz CT molecular complexity index is 530. The standard InChI is InChI=1S/C13H22N4O2S/c1-3-14-13-7-6-12(9-15-13)20(18,19)16-11-5-4-8-17(2)10-11/h6-7,9,11,16H,3-5,8,10H2,1-2H3,(H,14,15). The summed E-state index contributed by atoms with van der Waals surface area (Å²) >= 11 is 0. The summed E-state index contributed by atoms with van der Waals surface area (Å²) in [6.07, 6.45) is 3.29. The number of aromatic nitrogens is 1. The second-order valence-corrected chi connectivity index (χ2v) is 6.85. The molecule has 1 aromatic rings. The maximum absolute atomic E-state index is 12.3. The van der Waals surface area contributed by atoms with Crippen LogP contribution in [0.1, 0.15) is 19.8 Å². The third-order valence-electron chi connectivity index (χ3n) is 3.35. The van der Waals surface area contributed by atoms with E-state index in [1.165, 1.54) is 6.20 Å². The minimum Gasteiger partial charge on any atom is -0.370 e. The van der Waals surface area contributed by atoms with Crippen LogP contribution in [-0.4, -0.2) is 51.0 Å². The first kappa shape index (κ1) is 15.2. The Morgan fingerprint density at radius 1 is 1.45 bits per heavy atom. The van der Waals surface area contributed by atoms with Crippen molar-refractivity contribution in [1.29, 1.82) is 0 Å². The first-order valence-electron chi connectivity index (χ1n) is 6.92. The van der Waals surface area contributed by atoms with E-state index in [-0.39, 0.29) is 10.9 Å². The summed E-state index contributed by atoms with van der Waals surface area (Å²) in [5, 5.41) is 3.04. The predicted molar refractivity (Wildman–Crippen MR) is 79.2 cm³/mol. The van der Waals surface area contributed by atoms with Crippen LogP contribution in [0.15, 0.2) is 23.2 Å². The van der Waals surface area contributed by atoms with E-state index in [2.05, 4.69) is 19.9 Å².